The van der Waals surface area contributed by atoms with E-state index >= 15 is 0 Å². The highest BCUT2D eigenvalue weighted by Gasteiger charge is 2.24. The number of nitrogens with one attached hydrogen (secondary N) is 3. The number of aromatic nitrogens is 1. The highest BCUT2D eigenvalue weighted by atomic mass is 16.4. The molecule has 8 heteroatoms. The lowest BCUT2D eigenvalue weighted by Gasteiger charge is -2.22. The minimum absolute atomic E-state index is 0.113. The van der Waals surface area contributed by atoms with Crippen LogP contribution in [0.3, 0.4) is 0 Å². The molecule has 1 heterocycles. The summed E-state index contributed by atoms with van der Waals surface area (Å²) in [5.74, 6) is -0.386. The SMILES string of the molecule is C=C(NCCCC(NC(=O)c1cccn(C(c2ccccc2)c2ccccc2)c1=O)C(=O)O)NC(C)C.CC(C)C. The molecule has 3 aromatic rings. The molecule has 41 heavy (non-hydrogen) atoms. The Morgan fingerprint density at radius 3 is 1.88 bits per heavy atom. The Balaban J connectivity index is 0.00000138. The molecule has 0 aliphatic heterocycles. The summed E-state index contributed by atoms with van der Waals surface area (Å²) in [4.78, 5) is 38.4. The van der Waals surface area contributed by atoms with Gasteiger partial charge >= 0.3 is 5.97 Å². The summed E-state index contributed by atoms with van der Waals surface area (Å²) < 4.78 is 1.51. The van der Waals surface area contributed by atoms with Crippen molar-refractivity contribution >= 4 is 11.9 Å². The van der Waals surface area contributed by atoms with Crippen molar-refractivity contribution in [1.29, 1.82) is 0 Å². The maximum absolute atomic E-state index is 13.5. The van der Waals surface area contributed by atoms with Crippen LogP contribution in [0.2, 0.25) is 0 Å². The summed E-state index contributed by atoms with van der Waals surface area (Å²) in [6.45, 7) is 14.8. The molecule has 0 aliphatic carbocycles. The van der Waals surface area contributed by atoms with Crippen LogP contribution in [0.4, 0.5) is 0 Å². The molecule has 2 aromatic carbocycles. The van der Waals surface area contributed by atoms with Gasteiger partial charge in [-0.15, -0.1) is 0 Å². The third-order valence-electron chi connectivity index (χ3n) is 5.80. The van der Waals surface area contributed by atoms with Gasteiger partial charge in [-0.05, 0) is 55.9 Å². The van der Waals surface area contributed by atoms with E-state index in [2.05, 4.69) is 43.3 Å². The molecule has 0 spiro atoms. The zero-order chi connectivity index (χ0) is 30.4. The molecule has 220 valence electrons. The molecule has 0 aliphatic rings. The predicted octanol–water partition coefficient (Wildman–Crippen LogP) is 5.17. The third kappa shape index (κ3) is 11.0. The lowest BCUT2D eigenvalue weighted by Crippen LogP contribution is -2.44. The van der Waals surface area contributed by atoms with Gasteiger partial charge in [-0.25, -0.2) is 4.79 Å². The normalized spacial score (nSPS) is 11.4. The molecule has 0 bridgehead atoms. The van der Waals surface area contributed by atoms with Crippen molar-refractivity contribution in [3.63, 3.8) is 0 Å². The van der Waals surface area contributed by atoms with E-state index in [4.69, 9.17) is 0 Å². The van der Waals surface area contributed by atoms with Crippen LogP contribution in [-0.4, -0.2) is 40.2 Å². The van der Waals surface area contributed by atoms with Crippen molar-refractivity contribution in [3.05, 3.63) is 118 Å². The average Bonchev–Trinajstić information content (AvgIpc) is 2.92. The number of hydrogen-bond donors (Lipinski definition) is 4. The maximum atomic E-state index is 13.5. The quantitative estimate of drug-likeness (QED) is 0.215. The van der Waals surface area contributed by atoms with E-state index in [1.165, 1.54) is 10.6 Å². The predicted molar refractivity (Wildman–Crippen MR) is 165 cm³/mol. The second-order valence-electron chi connectivity index (χ2n) is 10.8. The minimum atomic E-state index is -1.16. The number of hydrogen-bond acceptors (Lipinski definition) is 5. The van der Waals surface area contributed by atoms with Crippen LogP contribution < -0.4 is 21.5 Å². The number of carboxylic acids is 1. The number of amides is 1. The van der Waals surface area contributed by atoms with Gasteiger partial charge in [-0.1, -0.05) is 88.0 Å². The molecular formula is C33H44N4O4. The lowest BCUT2D eigenvalue weighted by atomic mass is 9.98. The van der Waals surface area contributed by atoms with E-state index in [9.17, 15) is 19.5 Å². The molecule has 3 rings (SSSR count). The summed E-state index contributed by atoms with van der Waals surface area (Å²) >= 11 is 0. The molecule has 4 N–H and O–H groups in total. The summed E-state index contributed by atoms with van der Waals surface area (Å²) in [5, 5.41) is 18.4. The Labute approximate surface area is 243 Å². The highest BCUT2D eigenvalue weighted by molar-refractivity contribution is 5.96. The van der Waals surface area contributed by atoms with E-state index in [0.29, 0.717) is 18.8 Å². The Morgan fingerprint density at radius 1 is 0.854 bits per heavy atom. The molecule has 0 saturated carbocycles. The summed E-state index contributed by atoms with van der Waals surface area (Å²) in [6, 6.07) is 20.8. The van der Waals surface area contributed by atoms with E-state index < -0.39 is 29.5 Å². The number of aliphatic carboxylic acids is 1. The van der Waals surface area contributed by atoms with Gasteiger partial charge in [0, 0.05) is 18.8 Å². The topological polar surface area (TPSA) is 112 Å². The first-order chi connectivity index (χ1) is 19.5. The lowest BCUT2D eigenvalue weighted by molar-refractivity contribution is -0.139. The fourth-order valence-corrected chi connectivity index (χ4v) is 4.11. The number of carbonyl (C=O) groups is 2. The van der Waals surface area contributed by atoms with Crippen molar-refractivity contribution in [2.45, 2.75) is 65.6 Å². The van der Waals surface area contributed by atoms with Gasteiger partial charge < -0.3 is 25.6 Å². The number of pyridine rings is 1. The molecule has 8 nitrogen and oxygen atoms in total. The second-order valence-corrected chi connectivity index (χ2v) is 10.8. The van der Waals surface area contributed by atoms with Crippen molar-refractivity contribution in [2.24, 2.45) is 5.92 Å². The number of carboxylic acid groups (broad SMARTS) is 1. The van der Waals surface area contributed by atoms with Crippen LogP contribution in [0, 0.1) is 5.92 Å². The zero-order valence-corrected chi connectivity index (χ0v) is 24.8. The molecule has 0 radical (unpaired) electrons. The Kier molecular flexibility index (Phi) is 13.4. The van der Waals surface area contributed by atoms with Gasteiger partial charge in [0.2, 0.25) is 0 Å². The van der Waals surface area contributed by atoms with Gasteiger partial charge in [0.1, 0.15) is 11.6 Å². The molecule has 1 unspecified atom stereocenters. The van der Waals surface area contributed by atoms with Gasteiger partial charge in [-0.2, -0.15) is 0 Å². The molecular weight excluding hydrogens is 516 g/mol. The van der Waals surface area contributed by atoms with Crippen LogP contribution in [0.15, 0.2) is 96.2 Å². The van der Waals surface area contributed by atoms with E-state index in [-0.39, 0.29) is 18.0 Å². The van der Waals surface area contributed by atoms with Crippen molar-refractivity contribution in [1.82, 2.24) is 20.5 Å². The number of rotatable bonds is 13. The summed E-state index contributed by atoms with van der Waals surface area (Å²) in [6.07, 6.45) is 2.32. The molecule has 1 amide bonds. The zero-order valence-electron chi connectivity index (χ0n) is 24.8. The van der Waals surface area contributed by atoms with Gasteiger partial charge in [-0.3, -0.25) is 9.59 Å². The first-order valence-electron chi connectivity index (χ1n) is 14.0. The Hall–Kier alpha value is -4.33. The van der Waals surface area contributed by atoms with E-state index in [1.807, 2.05) is 74.5 Å². The number of benzene rings is 2. The largest absolute Gasteiger partial charge is 0.480 e. The Bertz CT molecular complexity index is 1260. The van der Waals surface area contributed by atoms with E-state index in [1.54, 1.807) is 12.3 Å². The smallest absolute Gasteiger partial charge is 0.326 e. The molecule has 0 fully saturated rings. The minimum Gasteiger partial charge on any atom is -0.480 e. The molecule has 1 atom stereocenters. The van der Waals surface area contributed by atoms with Gasteiger partial charge in [0.15, 0.2) is 0 Å². The van der Waals surface area contributed by atoms with Crippen LogP contribution in [0.1, 0.15) is 75.0 Å². The van der Waals surface area contributed by atoms with Crippen LogP contribution in [-0.2, 0) is 4.79 Å². The molecule has 1 aromatic heterocycles. The van der Waals surface area contributed by atoms with Gasteiger partial charge in [0.05, 0.1) is 11.9 Å². The van der Waals surface area contributed by atoms with Gasteiger partial charge in [0.25, 0.3) is 11.5 Å². The van der Waals surface area contributed by atoms with Crippen molar-refractivity contribution in [3.8, 4) is 0 Å². The summed E-state index contributed by atoms with van der Waals surface area (Å²) in [7, 11) is 0. The number of nitrogens with zero attached hydrogens (tertiary/aromatic N) is 1. The molecule has 0 saturated heterocycles. The second kappa shape index (κ2) is 16.7. The van der Waals surface area contributed by atoms with Crippen LogP contribution in [0.25, 0.3) is 0 Å². The third-order valence-corrected chi connectivity index (χ3v) is 5.80. The monoisotopic (exact) mass is 560 g/mol. The standard InChI is InChI=1S/C29H34N4O4.C4H10/c1-20(2)31-21(3)30-18-10-17-25(29(36)37)32-27(34)24-16-11-19-33(28(24)35)26(22-12-6-4-7-13-22)23-14-8-5-9-15-23;1-4(2)3/h4-9,11-16,19-20,25-26,30-31H,3,10,17-18H2,1-2H3,(H,32,34)(H,36,37);4H,1-3H3. The van der Waals surface area contributed by atoms with Crippen molar-refractivity contribution in [2.75, 3.05) is 6.54 Å². The van der Waals surface area contributed by atoms with E-state index in [0.717, 1.165) is 17.0 Å². The van der Waals surface area contributed by atoms with Crippen molar-refractivity contribution < 1.29 is 14.7 Å². The maximum Gasteiger partial charge on any atom is 0.326 e. The van der Waals surface area contributed by atoms with Crippen LogP contribution in [0.5, 0.6) is 0 Å². The summed E-state index contributed by atoms with van der Waals surface area (Å²) in [5.41, 5.74) is 1.16. The fourth-order valence-electron chi connectivity index (χ4n) is 4.11. The first kappa shape index (κ1) is 32.9. The Morgan fingerprint density at radius 2 is 1.39 bits per heavy atom. The number of carbonyl (C=O) groups excluding carboxylic acids is 1. The fraction of sp³-hybridized carbons (Fsp3) is 0.364. The first-order valence-corrected chi connectivity index (χ1v) is 14.0. The average molecular weight is 561 g/mol. The highest BCUT2D eigenvalue weighted by Crippen LogP contribution is 2.25. The van der Waals surface area contributed by atoms with Crippen LogP contribution >= 0.6 is 0 Å².